The largest absolute Gasteiger partial charge is 0.345 e. The summed E-state index contributed by atoms with van der Waals surface area (Å²) >= 11 is 1.54. The van der Waals surface area contributed by atoms with Crippen LogP contribution in [0.3, 0.4) is 0 Å². The van der Waals surface area contributed by atoms with Gasteiger partial charge in [-0.1, -0.05) is 0 Å². The molecule has 1 aliphatic carbocycles. The maximum absolute atomic E-state index is 11.9. The Bertz CT molecular complexity index is 583. The molecule has 1 aromatic rings. The van der Waals surface area contributed by atoms with Crippen LogP contribution in [0, 0.1) is 11.8 Å². The molecule has 3 rings (SSSR count). The van der Waals surface area contributed by atoms with Crippen molar-refractivity contribution in [3.8, 4) is 0 Å². The Hall–Kier alpha value is -1.20. The third-order valence-corrected chi connectivity index (χ3v) is 6.32. The molecule has 2 aliphatic rings. The van der Waals surface area contributed by atoms with Crippen LogP contribution in [0.2, 0.25) is 0 Å². The van der Waals surface area contributed by atoms with Crippen LogP contribution in [0.1, 0.15) is 41.4 Å². The Morgan fingerprint density at radius 1 is 1.41 bits per heavy atom. The van der Waals surface area contributed by atoms with E-state index in [9.17, 15) is 9.59 Å². The lowest BCUT2D eigenvalue weighted by molar-refractivity contribution is -0.134. The Labute approximate surface area is 136 Å². The molecule has 1 aromatic heterocycles. The average Bonchev–Trinajstić information content (AvgIpc) is 3.06. The molecule has 22 heavy (non-hydrogen) atoms. The number of hydrogen-bond acceptors (Lipinski definition) is 4. The molecule has 1 saturated carbocycles. The highest BCUT2D eigenvalue weighted by Gasteiger charge is 2.41. The number of piperidine rings is 1. The molecular weight excluding hydrogens is 296 g/mol. The average molecular weight is 320 g/mol. The fourth-order valence-electron chi connectivity index (χ4n) is 3.91. The molecule has 0 bridgehead atoms. The molecule has 0 spiro atoms. The summed E-state index contributed by atoms with van der Waals surface area (Å²) in [5, 5.41) is 2.09. The zero-order valence-corrected chi connectivity index (χ0v) is 14.4. The lowest BCUT2D eigenvalue weighted by atomic mass is 9.88. The van der Waals surface area contributed by atoms with E-state index in [4.69, 9.17) is 0 Å². The Morgan fingerprint density at radius 3 is 2.82 bits per heavy atom. The highest BCUT2D eigenvalue weighted by atomic mass is 32.1. The second kappa shape index (κ2) is 6.13. The van der Waals surface area contributed by atoms with Crippen molar-refractivity contribution in [1.82, 2.24) is 9.80 Å². The lowest BCUT2D eigenvalue weighted by Crippen LogP contribution is -2.39. The molecule has 5 heteroatoms. The number of likely N-dealkylation sites (tertiary alicyclic amines) is 1. The first-order chi connectivity index (χ1) is 10.4. The monoisotopic (exact) mass is 320 g/mol. The van der Waals surface area contributed by atoms with Crippen LogP contribution in [-0.4, -0.2) is 48.2 Å². The summed E-state index contributed by atoms with van der Waals surface area (Å²) in [6.45, 7) is 3.42. The second-order valence-electron chi connectivity index (χ2n) is 6.91. The number of thiophene rings is 1. The summed E-state index contributed by atoms with van der Waals surface area (Å²) in [5.74, 6) is 1.66. The smallest absolute Gasteiger partial charge is 0.222 e. The second-order valence-corrected chi connectivity index (χ2v) is 7.83. The fourth-order valence-corrected chi connectivity index (χ4v) is 4.71. The van der Waals surface area contributed by atoms with Crippen LogP contribution >= 0.6 is 11.3 Å². The number of rotatable bonds is 4. The molecule has 0 unspecified atom stereocenters. The molecule has 120 valence electrons. The molecule has 4 nitrogen and oxygen atoms in total. The van der Waals surface area contributed by atoms with Gasteiger partial charge in [0.1, 0.15) is 0 Å². The zero-order valence-electron chi connectivity index (χ0n) is 13.5. The van der Waals surface area contributed by atoms with Gasteiger partial charge in [-0.2, -0.15) is 0 Å². The van der Waals surface area contributed by atoms with Gasteiger partial charge in [-0.3, -0.25) is 14.5 Å². The Balaban J connectivity index is 1.60. The number of hydrogen-bond donors (Lipinski definition) is 0. The molecule has 2 heterocycles. The minimum atomic E-state index is 0.146. The van der Waals surface area contributed by atoms with Gasteiger partial charge in [-0.15, -0.1) is 11.3 Å². The van der Waals surface area contributed by atoms with Gasteiger partial charge >= 0.3 is 0 Å². The quantitative estimate of drug-likeness (QED) is 0.801. The van der Waals surface area contributed by atoms with Gasteiger partial charge in [0.05, 0.1) is 4.88 Å². The standard InChI is InChI=1S/C17H24N2O2S/c1-11(20)16-4-12(10-22-16)8-18(2)15-5-13-7-17(21)19(3)9-14(13)6-15/h4,10,13-15H,5-9H2,1-3H3/t13-,14+,15-/m0/s1. The van der Waals surface area contributed by atoms with Gasteiger partial charge < -0.3 is 4.90 Å². The van der Waals surface area contributed by atoms with Crippen LogP contribution in [-0.2, 0) is 11.3 Å². The van der Waals surface area contributed by atoms with Gasteiger partial charge in [0.2, 0.25) is 5.91 Å². The van der Waals surface area contributed by atoms with E-state index in [1.165, 1.54) is 23.3 Å². The normalized spacial score (nSPS) is 28.3. The van der Waals surface area contributed by atoms with Gasteiger partial charge in [0, 0.05) is 32.6 Å². The van der Waals surface area contributed by atoms with Gasteiger partial charge in [0.25, 0.3) is 0 Å². The highest BCUT2D eigenvalue weighted by molar-refractivity contribution is 7.12. The van der Waals surface area contributed by atoms with E-state index >= 15 is 0 Å². The van der Waals surface area contributed by atoms with Crippen molar-refractivity contribution in [2.75, 3.05) is 20.6 Å². The SMILES string of the molecule is CC(=O)c1cc(CN(C)[C@H]2C[C@H]3CC(=O)N(C)C[C@H]3C2)cs1. The van der Waals surface area contributed by atoms with Crippen molar-refractivity contribution < 1.29 is 9.59 Å². The number of carbonyl (C=O) groups excluding carboxylic acids is 2. The van der Waals surface area contributed by atoms with Crippen molar-refractivity contribution in [1.29, 1.82) is 0 Å². The van der Waals surface area contributed by atoms with E-state index in [1.807, 2.05) is 18.0 Å². The third kappa shape index (κ3) is 3.10. The number of nitrogens with zero attached hydrogens (tertiary/aromatic N) is 2. The van der Waals surface area contributed by atoms with E-state index in [0.717, 1.165) is 30.8 Å². The first kappa shape index (κ1) is 15.7. The third-order valence-electron chi connectivity index (χ3n) is 5.24. The van der Waals surface area contributed by atoms with Crippen molar-refractivity contribution in [2.45, 2.75) is 38.8 Å². The van der Waals surface area contributed by atoms with E-state index < -0.39 is 0 Å². The summed E-state index contributed by atoms with van der Waals surface area (Å²) in [6, 6.07) is 2.57. The van der Waals surface area contributed by atoms with E-state index in [1.54, 1.807) is 6.92 Å². The van der Waals surface area contributed by atoms with Crippen molar-refractivity contribution in [3.05, 3.63) is 21.9 Å². The van der Waals surface area contributed by atoms with E-state index in [0.29, 0.717) is 23.8 Å². The minimum absolute atomic E-state index is 0.146. The summed E-state index contributed by atoms with van der Waals surface area (Å²) in [6.07, 6.45) is 3.03. The minimum Gasteiger partial charge on any atom is -0.345 e. The molecular formula is C17H24N2O2S. The van der Waals surface area contributed by atoms with Gasteiger partial charge in [0.15, 0.2) is 5.78 Å². The number of ketones is 1. The first-order valence-electron chi connectivity index (χ1n) is 7.96. The molecule has 1 saturated heterocycles. The summed E-state index contributed by atoms with van der Waals surface area (Å²) < 4.78 is 0. The molecule has 1 amide bonds. The maximum Gasteiger partial charge on any atom is 0.222 e. The molecule has 2 fully saturated rings. The summed E-state index contributed by atoms with van der Waals surface area (Å²) in [5.41, 5.74) is 1.22. The number of amides is 1. The molecule has 1 aliphatic heterocycles. The van der Waals surface area contributed by atoms with Crippen LogP contribution in [0.5, 0.6) is 0 Å². The van der Waals surface area contributed by atoms with E-state index in [-0.39, 0.29) is 5.78 Å². The molecule has 0 radical (unpaired) electrons. The topological polar surface area (TPSA) is 40.6 Å². The highest BCUT2D eigenvalue weighted by Crippen LogP contribution is 2.40. The van der Waals surface area contributed by atoms with Gasteiger partial charge in [-0.25, -0.2) is 0 Å². The van der Waals surface area contributed by atoms with Crippen molar-refractivity contribution >= 4 is 23.0 Å². The van der Waals surface area contributed by atoms with Crippen molar-refractivity contribution in [2.24, 2.45) is 11.8 Å². The van der Waals surface area contributed by atoms with Gasteiger partial charge in [-0.05, 0) is 55.7 Å². The number of Topliss-reactive ketones (excluding diaryl/α,β-unsaturated/α-hetero) is 1. The fraction of sp³-hybridized carbons (Fsp3) is 0.647. The summed E-state index contributed by atoms with van der Waals surface area (Å²) in [7, 11) is 4.09. The van der Waals surface area contributed by atoms with Crippen LogP contribution in [0.25, 0.3) is 0 Å². The number of carbonyl (C=O) groups is 2. The summed E-state index contributed by atoms with van der Waals surface area (Å²) in [4.78, 5) is 28.4. The number of fused-ring (bicyclic) bond motifs is 1. The van der Waals surface area contributed by atoms with E-state index in [2.05, 4.69) is 17.3 Å². The zero-order chi connectivity index (χ0) is 15.9. The predicted molar refractivity (Wildman–Crippen MR) is 88.0 cm³/mol. The van der Waals surface area contributed by atoms with Crippen LogP contribution in [0.15, 0.2) is 11.4 Å². The first-order valence-corrected chi connectivity index (χ1v) is 8.84. The predicted octanol–water partition coefficient (Wildman–Crippen LogP) is 2.64. The molecule has 0 N–H and O–H groups in total. The molecule has 3 atom stereocenters. The lowest BCUT2D eigenvalue weighted by Gasteiger charge is -2.31. The van der Waals surface area contributed by atoms with Crippen molar-refractivity contribution in [3.63, 3.8) is 0 Å². The van der Waals surface area contributed by atoms with Crippen LogP contribution < -0.4 is 0 Å². The Kier molecular flexibility index (Phi) is 4.37. The Morgan fingerprint density at radius 2 is 2.14 bits per heavy atom. The van der Waals surface area contributed by atoms with Crippen LogP contribution in [0.4, 0.5) is 0 Å². The molecule has 0 aromatic carbocycles. The maximum atomic E-state index is 11.9.